The van der Waals surface area contributed by atoms with E-state index in [1.54, 1.807) is 30.6 Å². The lowest BCUT2D eigenvalue weighted by atomic mass is 9.69. The maximum Gasteiger partial charge on any atom is 0.412 e. The van der Waals surface area contributed by atoms with Crippen LogP contribution in [0.2, 0.25) is 0 Å². The molecule has 3 heterocycles. The van der Waals surface area contributed by atoms with Gasteiger partial charge in [0, 0.05) is 16.8 Å². The Labute approximate surface area is 256 Å². The van der Waals surface area contributed by atoms with Crippen LogP contribution in [0, 0.1) is 0 Å². The molecule has 0 aliphatic carbocycles. The number of rotatable bonds is 4. The van der Waals surface area contributed by atoms with E-state index in [2.05, 4.69) is 5.32 Å². The molecule has 2 atom stereocenters. The molecule has 1 N–H and O–H groups in total. The fourth-order valence-corrected chi connectivity index (χ4v) is 7.04. The zero-order valence-electron chi connectivity index (χ0n) is 25.0. The van der Waals surface area contributed by atoms with Crippen molar-refractivity contribution in [3.63, 3.8) is 0 Å². The molecule has 7 rings (SSSR count). The second kappa shape index (κ2) is 10.1. The van der Waals surface area contributed by atoms with E-state index < -0.39 is 22.8 Å². The first kappa shape index (κ1) is 27.9. The number of amides is 3. The molecule has 3 aliphatic rings. The van der Waals surface area contributed by atoms with Gasteiger partial charge in [-0.15, -0.1) is 0 Å². The van der Waals surface area contributed by atoms with E-state index in [0.717, 1.165) is 11.1 Å². The highest BCUT2D eigenvalue weighted by Crippen LogP contribution is 2.61. The van der Waals surface area contributed by atoms with E-state index in [4.69, 9.17) is 4.74 Å². The van der Waals surface area contributed by atoms with Crippen LogP contribution < -0.4 is 15.1 Å². The highest BCUT2D eigenvalue weighted by Gasteiger charge is 2.77. The fourth-order valence-electron chi connectivity index (χ4n) is 7.04. The normalized spacial score (nSPS) is 22.2. The van der Waals surface area contributed by atoms with E-state index in [9.17, 15) is 4.79 Å². The monoisotopic (exact) mass is 586 g/mol. The summed E-state index contributed by atoms with van der Waals surface area (Å²) < 4.78 is 5.93. The molecule has 0 radical (unpaired) electrons. The first-order chi connectivity index (χ1) is 21.2. The van der Waals surface area contributed by atoms with Gasteiger partial charge >= 0.3 is 6.09 Å². The van der Waals surface area contributed by atoms with Crippen LogP contribution in [0.15, 0.2) is 109 Å². The van der Waals surface area contributed by atoms with Gasteiger partial charge in [0.05, 0.1) is 25.4 Å². The first-order valence-electron chi connectivity index (χ1n) is 14.8. The number of para-hydroxylation sites is 2. The number of fused-ring (bicyclic) bond motifs is 5. The average Bonchev–Trinajstić information content (AvgIpc) is 3.59. The lowest BCUT2D eigenvalue weighted by molar-refractivity contribution is -0.139. The Kier molecular flexibility index (Phi) is 6.37. The van der Waals surface area contributed by atoms with Crippen LogP contribution in [0.4, 0.5) is 16.2 Å². The van der Waals surface area contributed by atoms with E-state index in [-0.39, 0.29) is 25.0 Å². The van der Waals surface area contributed by atoms with Crippen LogP contribution in [0.1, 0.15) is 43.0 Å². The third kappa shape index (κ3) is 3.90. The SMILES string of the molecule is CC(C)(C)OC(=O)N1CNC2(C(=O)N(Cc3ccccc3)c3ccccc32)C12C(=O)N(Cc1ccccc1)c1ccccc12. The molecule has 2 unspecified atom stereocenters. The van der Waals surface area contributed by atoms with Crippen molar-refractivity contribution < 1.29 is 19.1 Å². The molecule has 3 aliphatic heterocycles. The van der Waals surface area contributed by atoms with Gasteiger partial charge in [-0.2, -0.15) is 0 Å². The van der Waals surface area contributed by atoms with Gasteiger partial charge in [-0.1, -0.05) is 97.1 Å². The van der Waals surface area contributed by atoms with Crippen molar-refractivity contribution >= 4 is 29.3 Å². The first-order valence-corrected chi connectivity index (χ1v) is 14.8. The van der Waals surface area contributed by atoms with Gasteiger partial charge < -0.3 is 14.5 Å². The minimum atomic E-state index is -1.75. The van der Waals surface area contributed by atoms with Gasteiger partial charge in [0.2, 0.25) is 0 Å². The summed E-state index contributed by atoms with van der Waals surface area (Å²) in [6, 6.07) is 34.5. The Morgan fingerprint density at radius 2 is 1.18 bits per heavy atom. The number of carbonyl (C=O) groups excluding carboxylic acids is 3. The van der Waals surface area contributed by atoms with Crippen molar-refractivity contribution in [3.8, 4) is 0 Å². The molecule has 8 heteroatoms. The Morgan fingerprint density at radius 1 is 0.705 bits per heavy atom. The molecule has 44 heavy (non-hydrogen) atoms. The maximum atomic E-state index is 15.3. The van der Waals surface area contributed by atoms with Crippen LogP contribution in [0.25, 0.3) is 0 Å². The number of hydrogen-bond donors (Lipinski definition) is 1. The molecule has 4 aromatic carbocycles. The number of ether oxygens (including phenoxy) is 1. The third-order valence-electron chi connectivity index (χ3n) is 8.73. The molecular weight excluding hydrogens is 552 g/mol. The molecule has 1 fully saturated rings. The van der Waals surface area contributed by atoms with Crippen molar-refractivity contribution in [2.45, 2.75) is 50.5 Å². The fraction of sp³-hybridized carbons (Fsp3) is 0.250. The molecule has 8 nitrogen and oxygen atoms in total. The molecule has 0 bridgehead atoms. The van der Waals surface area contributed by atoms with E-state index in [1.165, 1.54) is 4.90 Å². The summed E-state index contributed by atoms with van der Waals surface area (Å²) in [4.78, 5) is 49.5. The molecule has 2 spiro atoms. The molecule has 222 valence electrons. The van der Waals surface area contributed by atoms with Gasteiger partial charge in [0.1, 0.15) is 5.60 Å². The smallest absolute Gasteiger partial charge is 0.412 e. The summed E-state index contributed by atoms with van der Waals surface area (Å²) >= 11 is 0. The van der Waals surface area contributed by atoms with Gasteiger partial charge in [0.25, 0.3) is 11.8 Å². The molecule has 4 aromatic rings. The third-order valence-corrected chi connectivity index (χ3v) is 8.73. The molecular formula is C36H34N4O4. The molecule has 0 saturated carbocycles. The van der Waals surface area contributed by atoms with Crippen LogP contribution in [0.3, 0.4) is 0 Å². The predicted molar refractivity (Wildman–Crippen MR) is 168 cm³/mol. The second-order valence-corrected chi connectivity index (χ2v) is 12.5. The van der Waals surface area contributed by atoms with Crippen LogP contribution in [-0.2, 0) is 38.5 Å². The summed E-state index contributed by atoms with van der Waals surface area (Å²) in [6.07, 6.45) is -0.668. The lowest BCUT2D eigenvalue weighted by Gasteiger charge is -2.42. The highest BCUT2D eigenvalue weighted by atomic mass is 16.6. The summed E-state index contributed by atoms with van der Waals surface area (Å²) in [5, 5.41) is 3.45. The minimum absolute atomic E-state index is 0.0621. The topological polar surface area (TPSA) is 82.2 Å². The van der Waals surface area contributed by atoms with Crippen LogP contribution in [0.5, 0.6) is 0 Å². The summed E-state index contributed by atoms with van der Waals surface area (Å²) in [6.45, 7) is 5.90. The van der Waals surface area contributed by atoms with Gasteiger partial charge in [-0.05, 0) is 44.0 Å². The van der Waals surface area contributed by atoms with Crippen molar-refractivity contribution in [1.29, 1.82) is 0 Å². The standard InChI is InChI=1S/C36H34N4O4/c1-34(2,3)44-33(43)40-24-37-35(27-18-10-12-20-29(27)38(31(35)41)22-25-14-6-4-7-15-25)36(40)28-19-11-13-21-30(28)39(32(36)42)23-26-16-8-5-9-17-26/h4-21,37H,22-24H2,1-3H3. The largest absolute Gasteiger partial charge is 0.444 e. The molecule has 0 aromatic heterocycles. The van der Waals surface area contributed by atoms with Crippen molar-refractivity contribution in [2.75, 3.05) is 16.5 Å². The quantitative estimate of drug-likeness (QED) is 0.333. The van der Waals surface area contributed by atoms with Crippen molar-refractivity contribution in [2.24, 2.45) is 0 Å². The van der Waals surface area contributed by atoms with Gasteiger partial charge in [-0.3, -0.25) is 19.8 Å². The summed E-state index contributed by atoms with van der Waals surface area (Å²) in [5.74, 6) is -0.651. The average molecular weight is 587 g/mol. The van der Waals surface area contributed by atoms with E-state index >= 15 is 9.59 Å². The number of nitrogens with zero attached hydrogens (tertiary/aromatic N) is 3. The number of hydrogen-bond acceptors (Lipinski definition) is 5. The Hall–Kier alpha value is -4.95. The summed E-state index contributed by atoms with van der Waals surface area (Å²) in [5.41, 5.74) is 0.297. The van der Waals surface area contributed by atoms with Crippen LogP contribution >= 0.6 is 0 Å². The minimum Gasteiger partial charge on any atom is -0.444 e. The Balaban J connectivity index is 1.47. The number of anilines is 2. The molecule has 1 saturated heterocycles. The number of carbonyl (C=O) groups is 3. The second-order valence-electron chi connectivity index (χ2n) is 12.5. The van der Waals surface area contributed by atoms with Crippen LogP contribution in [-0.4, -0.2) is 35.1 Å². The van der Waals surface area contributed by atoms with Crippen molar-refractivity contribution in [3.05, 3.63) is 131 Å². The van der Waals surface area contributed by atoms with Gasteiger partial charge in [0.15, 0.2) is 11.1 Å². The zero-order chi connectivity index (χ0) is 30.7. The van der Waals surface area contributed by atoms with Gasteiger partial charge in [-0.25, -0.2) is 4.79 Å². The maximum absolute atomic E-state index is 15.3. The lowest BCUT2D eigenvalue weighted by Crippen LogP contribution is -2.66. The highest BCUT2D eigenvalue weighted by molar-refractivity contribution is 6.19. The zero-order valence-corrected chi connectivity index (χ0v) is 25.0. The Morgan fingerprint density at radius 3 is 1.75 bits per heavy atom. The molecule has 3 amide bonds. The number of benzene rings is 4. The van der Waals surface area contributed by atoms with E-state index in [1.807, 2.05) is 109 Å². The van der Waals surface area contributed by atoms with Crippen molar-refractivity contribution in [1.82, 2.24) is 10.2 Å². The van der Waals surface area contributed by atoms with E-state index in [0.29, 0.717) is 29.0 Å². The predicted octanol–water partition coefficient (Wildman–Crippen LogP) is 5.67. The summed E-state index contributed by atoms with van der Waals surface area (Å²) in [7, 11) is 0. The number of nitrogens with one attached hydrogen (secondary N) is 1. The Bertz CT molecular complexity index is 1770.